The van der Waals surface area contributed by atoms with E-state index < -0.39 is 28.0 Å². The van der Waals surface area contributed by atoms with Crippen LogP contribution in [0, 0.1) is 0 Å². The first-order chi connectivity index (χ1) is 20.8. The van der Waals surface area contributed by atoms with Crippen LogP contribution in [0.25, 0.3) is 0 Å². The van der Waals surface area contributed by atoms with Gasteiger partial charge in [0.1, 0.15) is 0 Å². The Kier molecular flexibility index (Phi) is 29.1. The first kappa shape index (κ1) is 41.3. The number of aliphatic hydroxyl groups is 1. The Labute approximate surface area is 265 Å². The van der Waals surface area contributed by atoms with Gasteiger partial charge in [0.25, 0.3) is 10.1 Å². The maximum absolute atomic E-state index is 12.4. The minimum absolute atomic E-state index is 0.196. The van der Waals surface area contributed by atoms with Gasteiger partial charge < -0.3 is 10.4 Å². The monoisotopic (exact) mass is 623 g/mol. The summed E-state index contributed by atoms with van der Waals surface area (Å²) in [5.41, 5.74) is 0. The molecule has 7 heteroatoms. The van der Waals surface area contributed by atoms with Crippen LogP contribution in [0.2, 0.25) is 0 Å². The van der Waals surface area contributed by atoms with Crippen molar-refractivity contribution >= 4 is 16.0 Å². The first-order valence-corrected chi connectivity index (χ1v) is 18.9. The fourth-order valence-corrected chi connectivity index (χ4v) is 5.75. The van der Waals surface area contributed by atoms with Gasteiger partial charge in [-0.2, -0.15) is 8.42 Å². The maximum atomic E-state index is 12.4. The summed E-state index contributed by atoms with van der Waals surface area (Å²) in [5.74, 6) is -1.01. The van der Waals surface area contributed by atoms with Gasteiger partial charge in [-0.25, -0.2) is 0 Å². The molecule has 6 nitrogen and oxygen atoms in total. The van der Waals surface area contributed by atoms with Crippen LogP contribution < -0.4 is 5.32 Å². The van der Waals surface area contributed by atoms with Crippen LogP contribution >= 0.6 is 0 Å². The Morgan fingerprint density at radius 1 is 0.651 bits per heavy atom. The molecule has 0 bridgehead atoms. The van der Waals surface area contributed by atoms with Gasteiger partial charge in [0, 0.05) is 6.42 Å². The largest absolute Gasteiger partial charge is 0.391 e. The van der Waals surface area contributed by atoms with Gasteiger partial charge in [0.15, 0.2) is 0 Å². The molecule has 0 aromatic rings. The predicted octanol–water partition coefficient (Wildman–Crippen LogP) is 9.57. The Bertz CT molecular complexity index is 863. The highest BCUT2D eigenvalue weighted by Gasteiger charge is 2.25. The van der Waals surface area contributed by atoms with E-state index in [0.29, 0.717) is 12.8 Å². The Morgan fingerprint density at radius 2 is 1.07 bits per heavy atom. The van der Waals surface area contributed by atoms with E-state index in [0.717, 1.165) is 44.9 Å². The summed E-state index contributed by atoms with van der Waals surface area (Å²) in [4.78, 5) is 12.4. The molecule has 0 spiro atoms. The highest BCUT2D eigenvalue weighted by molar-refractivity contribution is 7.85. The van der Waals surface area contributed by atoms with Crippen molar-refractivity contribution < 1.29 is 22.9 Å². The average molecular weight is 624 g/mol. The quantitative estimate of drug-likeness (QED) is 0.0420. The molecule has 3 N–H and O–H groups in total. The zero-order valence-electron chi connectivity index (χ0n) is 27.6. The third-order valence-electron chi connectivity index (χ3n) is 7.56. The standard InChI is InChI=1S/C36H65NO5S/c1-3-5-7-9-11-13-15-17-18-20-21-23-25-27-29-31-35(38)34(33-43(40,41)42)37-36(39)32-30-28-26-24-22-19-16-14-12-10-8-6-4-2/h6,8,12,14,19,22,26,28,34-35,38H,3-5,7,9-11,13,15-18,20-21,23-25,27,29-33H2,1-2H3,(H,37,39)(H,40,41,42)/b8-6-,14-12-,22-19-,28-26-. The Hall–Kier alpha value is -1.70. The van der Waals surface area contributed by atoms with E-state index in [1.807, 2.05) is 12.2 Å². The van der Waals surface area contributed by atoms with Crippen LogP contribution in [0.3, 0.4) is 0 Å². The number of nitrogens with one attached hydrogen (secondary N) is 1. The minimum atomic E-state index is -4.33. The molecular formula is C36H65NO5S. The molecule has 2 atom stereocenters. The average Bonchev–Trinajstić information content (AvgIpc) is 2.96. The van der Waals surface area contributed by atoms with Gasteiger partial charge >= 0.3 is 0 Å². The smallest absolute Gasteiger partial charge is 0.266 e. The van der Waals surface area contributed by atoms with Crippen molar-refractivity contribution in [3.8, 4) is 0 Å². The van der Waals surface area contributed by atoms with Crippen molar-refractivity contribution in [1.29, 1.82) is 0 Å². The molecule has 0 fully saturated rings. The molecule has 0 radical (unpaired) electrons. The van der Waals surface area contributed by atoms with Crippen LogP contribution in [0.5, 0.6) is 0 Å². The van der Waals surface area contributed by atoms with E-state index in [-0.39, 0.29) is 12.3 Å². The number of allylic oxidation sites excluding steroid dienone is 8. The summed E-state index contributed by atoms with van der Waals surface area (Å²) < 4.78 is 32.3. The number of carbonyl (C=O) groups is 1. The summed E-state index contributed by atoms with van der Waals surface area (Å²) in [6, 6.07) is -1.01. The lowest BCUT2D eigenvalue weighted by atomic mass is 10.0. The number of unbranched alkanes of at least 4 members (excludes halogenated alkanes) is 14. The summed E-state index contributed by atoms with van der Waals surface area (Å²) in [6.45, 7) is 4.38. The number of aliphatic hydroxyl groups excluding tert-OH is 1. The number of hydrogen-bond acceptors (Lipinski definition) is 4. The lowest BCUT2D eigenvalue weighted by molar-refractivity contribution is -0.122. The first-order valence-electron chi connectivity index (χ1n) is 17.3. The van der Waals surface area contributed by atoms with Crippen LogP contribution in [-0.4, -0.2) is 41.9 Å². The van der Waals surface area contributed by atoms with Gasteiger partial charge in [-0.1, -0.05) is 159 Å². The van der Waals surface area contributed by atoms with Crippen LogP contribution in [0.4, 0.5) is 0 Å². The summed E-state index contributed by atoms with van der Waals surface area (Å²) in [6.07, 6.45) is 39.3. The SMILES string of the molecule is CC/C=C\C/C=C\C/C=C\C/C=C\CCC(=O)NC(CS(=O)(=O)O)C(O)CCCCCCCCCCCCCCCCC. The number of rotatable bonds is 30. The molecule has 0 saturated carbocycles. The van der Waals surface area contributed by atoms with E-state index >= 15 is 0 Å². The Balaban J connectivity index is 4.06. The molecule has 0 aromatic heterocycles. The highest BCUT2D eigenvalue weighted by Crippen LogP contribution is 2.15. The minimum Gasteiger partial charge on any atom is -0.391 e. The topological polar surface area (TPSA) is 104 Å². The van der Waals surface area contributed by atoms with Gasteiger partial charge in [-0.3, -0.25) is 9.35 Å². The lowest BCUT2D eigenvalue weighted by Gasteiger charge is -2.23. The molecule has 0 aliphatic heterocycles. The van der Waals surface area contributed by atoms with Crippen molar-refractivity contribution in [3.05, 3.63) is 48.6 Å². The van der Waals surface area contributed by atoms with Crippen molar-refractivity contribution in [1.82, 2.24) is 5.32 Å². The third-order valence-corrected chi connectivity index (χ3v) is 8.34. The van der Waals surface area contributed by atoms with Crippen molar-refractivity contribution in [3.63, 3.8) is 0 Å². The summed E-state index contributed by atoms with van der Waals surface area (Å²) in [5, 5.41) is 13.2. The van der Waals surface area contributed by atoms with E-state index in [2.05, 4.69) is 55.6 Å². The van der Waals surface area contributed by atoms with Crippen LogP contribution in [-0.2, 0) is 14.9 Å². The second-order valence-corrected chi connectivity index (χ2v) is 13.3. The van der Waals surface area contributed by atoms with E-state index in [9.17, 15) is 22.9 Å². The molecule has 2 unspecified atom stereocenters. The zero-order valence-corrected chi connectivity index (χ0v) is 28.4. The summed E-state index contributed by atoms with van der Waals surface area (Å²) >= 11 is 0. The maximum Gasteiger partial charge on any atom is 0.266 e. The second kappa shape index (κ2) is 30.3. The molecular weight excluding hydrogens is 558 g/mol. The van der Waals surface area contributed by atoms with E-state index in [1.54, 1.807) is 0 Å². The highest BCUT2D eigenvalue weighted by atomic mass is 32.2. The third kappa shape index (κ3) is 31.5. The predicted molar refractivity (Wildman–Crippen MR) is 184 cm³/mol. The Morgan fingerprint density at radius 3 is 1.51 bits per heavy atom. The van der Waals surface area contributed by atoms with Gasteiger partial charge in [-0.05, 0) is 38.5 Å². The summed E-state index contributed by atoms with van der Waals surface area (Å²) in [7, 11) is -4.33. The van der Waals surface area contributed by atoms with Crippen molar-refractivity contribution in [2.75, 3.05) is 5.75 Å². The molecule has 0 saturated heterocycles. The molecule has 0 aliphatic rings. The molecule has 0 heterocycles. The molecule has 250 valence electrons. The fraction of sp³-hybridized carbons (Fsp3) is 0.750. The van der Waals surface area contributed by atoms with Crippen molar-refractivity contribution in [2.45, 2.75) is 167 Å². The van der Waals surface area contributed by atoms with Gasteiger partial charge in [0.2, 0.25) is 5.91 Å². The molecule has 1 amide bonds. The van der Waals surface area contributed by atoms with Gasteiger partial charge in [-0.15, -0.1) is 0 Å². The van der Waals surface area contributed by atoms with Crippen LogP contribution in [0.1, 0.15) is 155 Å². The number of hydrogen-bond donors (Lipinski definition) is 3. The number of amides is 1. The lowest BCUT2D eigenvalue weighted by Crippen LogP contribution is -2.47. The number of carbonyl (C=O) groups excluding carboxylic acids is 1. The molecule has 0 rings (SSSR count). The van der Waals surface area contributed by atoms with Gasteiger partial charge in [0.05, 0.1) is 17.9 Å². The molecule has 0 aliphatic carbocycles. The zero-order chi connectivity index (χ0) is 31.9. The molecule has 0 aromatic carbocycles. The normalized spacial score (nSPS) is 14.0. The van der Waals surface area contributed by atoms with Crippen molar-refractivity contribution in [2.24, 2.45) is 0 Å². The van der Waals surface area contributed by atoms with E-state index in [1.165, 1.54) is 77.0 Å². The van der Waals surface area contributed by atoms with E-state index in [4.69, 9.17) is 0 Å². The fourth-order valence-electron chi connectivity index (χ4n) is 4.99. The van der Waals surface area contributed by atoms with Crippen LogP contribution in [0.15, 0.2) is 48.6 Å². The molecule has 43 heavy (non-hydrogen) atoms. The second-order valence-electron chi connectivity index (χ2n) is 11.8.